The summed E-state index contributed by atoms with van der Waals surface area (Å²) in [4.78, 5) is 33.6. The molecule has 32 heavy (non-hydrogen) atoms. The van der Waals surface area contributed by atoms with Crippen LogP contribution in [0.3, 0.4) is 0 Å². The van der Waals surface area contributed by atoms with Gasteiger partial charge in [-0.15, -0.1) is 0 Å². The first kappa shape index (κ1) is 25.6. The van der Waals surface area contributed by atoms with Crippen molar-refractivity contribution in [1.29, 1.82) is 0 Å². The zero-order chi connectivity index (χ0) is 22.7. The Kier molecular flexibility index (Phi) is 13.5. The van der Waals surface area contributed by atoms with Crippen LogP contribution in [0.2, 0.25) is 0 Å². The standard InChI is InChI=1S/C26H36N2O4/c29-25(23-17-11-9-12-18-23)31-27-21-15-7-5-3-1-2-4-6-8-16-22-28-32-26(30)24-19-13-10-14-20-24/h9-14,17-20,27-28H,1-8,15-16,21-22H2. The monoisotopic (exact) mass is 440 g/mol. The fourth-order valence-corrected chi connectivity index (χ4v) is 3.31. The number of rotatable bonds is 17. The first-order chi connectivity index (χ1) is 15.8. The highest BCUT2D eigenvalue weighted by Gasteiger charge is 2.06. The minimum Gasteiger partial charge on any atom is -0.367 e. The summed E-state index contributed by atoms with van der Waals surface area (Å²) in [5.74, 6) is -0.677. The number of unbranched alkanes of at least 4 members (excludes halogenated alkanes) is 9. The molecule has 174 valence electrons. The summed E-state index contributed by atoms with van der Waals surface area (Å²) in [7, 11) is 0. The van der Waals surface area contributed by atoms with E-state index in [0.29, 0.717) is 24.2 Å². The second kappa shape index (κ2) is 16.9. The number of hydrogen-bond donors (Lipinski definition) is 2. The van der Waals surface area contributed by atoms with Gasteiger partial charge >= 0.3 is 11.9 Å². The summed E-state index contributed by atoms with van der Waals surface area (Å²) in [5, 5.41) is 0. The molecule has 0 saturated carbocycles. The van der Waals surface area contributed by atoms with Crippen molar-refractivity contribution in [2.24, 2.45) is 0 Å². The van der Waals surface area contributed by atoms with E-state index in [2.05, 4.69) is 11.0 Å². The van der Waals surface area contributed by atoms with Crippen LogP contribution in [0.5, 0.6) is 0 Å². The number of hydroxylamine groups is 2. The van der Waals surface area contributed by atoms with Crippen molar-refractivity contribution in [1.82, 2.24) is 11.0 Å². The van der Waals surface area contributed by atoms with E-state index in [9.17, 15) is 9.59 Å². The van der Waals surface area contributed by atoms with Gasteiger partial charge in [-0.25, -0.2) is 9.59 Å². The lowest BCUT2D eigenvalue weighted by Gasteiger charge is -2.06. The molecule has 2 rings (SSSR count). The van der Waals surface area contributed by atoms with E-state index >= 15 is 0 Å². The second-order valence-electron chi connectivity index (χ2n) is 7.84. The van der Waals surface area contributed by atoms with E-state index in [-0.39, 0.29) is 11.9 Å². The summed E-state index contributed by atoms with van der Waals surface area (Å²) in [6, 6.07) is 18.0. The molecule has 0 radical (unpaired) electrons. The average molecular weight is 441 g/mol. The molecule has 0 atom stereocenters. The molecular weight excluding hydrogens is 404 g/mol. The number of nitrogens with one attached hydrogen (secondary N) is 2. The molecule has 0 unspecified atom stereocenters. The maximum absolute atomic E-state index is 11.8. The van der Waals surface area contributed by atoms with Crippen LogP contribution in [0.1, 0.15) is 84.9 Å². The average Bonchev–Trinajstić information content (AvgIpc) is 2.84. The summed E-state index contributed by atoms with van der Waals surface area (Å²) < 4.78 is 0. The zero-order valence-corrected chi connectivity index (χ0v) is 18.9. The summed E-state index contributed by atoms with van der Waals surface area (Å²) in [6.45, 7) is 1.38. The van der Waals surface area contributed by atoms with Crippen molar-refractivity contribution in [3.63, 3.8) is 0 Å². The molecule has 0 aliphatic carbocycles. The van der Waals surface area contributed by atoms with Crippen LogP contribution in [-0.4, -0.2) is 25.0 Å². The quantitative estimate of drug-likeness (QED) is 0.246. The lowest BCUT2D eigenvalue weighted by molar-refractivity contribution is 0.0243. The molecule has 2 N–H and O–H groups in total. The molecule has 0 saturated heterocycles. The molecule has 2 aromatic carbocycles. The Morgan fingerprint density at radius 1 is 0.500 bits per heavy atom. The number of benzene rings is 2. The molecule has 0 aliphatic rings. The van der Waals surface area contributed by atoms with Crippen molar-refractivity contribution < 1.29 is 19.3 Å². The van der Waals surface area contributed by atoms with Crippen molar-refractivity contribution in [3.05, 3.63) is 71.8 Å². The van der Waals surface area contributed by atoms with E-state index < -0.39 is 0 Å². The molecule has 0 spiro atoms. The normalized spacial score (nSPS) is 10.6. The van der Waals surface area contributed by atoms with Crippen LogP contribution < -0.4 is 11.0 Å². The highest BCUT2D eigenvalue weighted by atomic mass is 16.7. The maximum atomic E-state index is 11.8. The molecule has 0 amide bonds. The highest BCUT2D eigenvalue weighted by Crippen LogP contribution is 2.10. The van der Waals surface area contributed by atoms with E-state index in [4.69, 9.17) is 9.68 Å². The van der Waals surface area contributed by atoms with Gasteiger partial charge in [-0.3, -0.25) is 0 Å². The van der Waals surface area contributed by atoms with Gasteiger partial charge in [0, 0.05) is 13.1 Å². The number of hydrogen-bond acceptors (Lipinski definition) is 6. The van der Waals surface area contributed by atoms with E-state index in [0.717, 1.165) is 25.7 Å². The van der Waals surface area contributed by atoms with Crippen LogP contribution >= 0.6 is 0 Å². The fraction of sp³-hybridized carbons (Fsp3) is 0.462. The van der Waals surface area contributed by atoms with Crippen molar-refractivity contribution in [2.45, 2.75) is 64.2 Å². The minimum absolute atomic E-state index is 0.338. The van der Waals surface area contributed by atoms with Crippen molar-refractivity contribution in [3.8, 4) is 0 Å². The summed E-state index contributed by atoms with van der Waals surface area (Å²) >= 11 is 0. The lowest BCUT2D eigenvalue weighted by atomic mass is 10.1. The Morgan fingerprint density at radius 3 is 1.16 bits per heavy atom. The molecule has 0 fully saturated rings. The summed E-state index contributed by atoms with van der Waals surface area (Å²) in [6.07, 6.45) is 11.8. The van der Waals surface area contributed by atoms with Gasteiger partial charge in [0.15, 0.2) is 0 Å². The van der Waals surface area contributed by atoms with Gasteiger partial charge in [0.2, 0.25) is 0 Å². The fourth-order valence-electron chi connectivity index (χ4n) is 3.31. The molecule has 6 heteroatoms. The smallest absolute Gasteiger partial charge is 0.356 e. The van der Waals surface area contributed by atoms with Crippen molar-refractivity contribution in [2.75, 3.05) is 13.1 Å². The highest BCUT2D eigenvalue weighted by molar-refractivity contribution is 5.89. The van der Waals surface area contributed by atoms with Crippen LogP contribution in [-0.2, 0) is 9.68 Å². The van der Waals surface area contributed by atoms with E-state index in [1.165, 1.54) is 38.5 Å². The third kappa shape index (κ3) is 11.6. The largest absolute Gasteiger partial charge is 0.367 e. The Balaban J connectivity index is 1.29. The van der Waals surface area contributed by atoms with Crippen LogP contribution in [0.25, 0.3) is 0 Å². The SMILES string of the molecule is O=C(ONCCCCCCCCCCCCNOC(=O)c1ccccc1)c1ccccc1. The molecule has 0 bridgehead atoms. The molecule has 2 aromatic rings. The molecule has 6 nitrogen and oxygen atoms in total. The van der Waals surface area contributed by atoms with Crippen LogP contribution in [0, 0.1) is 0 Å². The number of carbonyl (C=O) groups excluding carboxylic acids is 2. The minimum atomic E-state index is -0.338. The molecule has 0 aromatic heterocycles. The van der Waals surface area contributed by atoms with Gasteiger partial charge in [-0.05, 0) is 37.1 Å². The van der Waals surface area contributed by atoms with Gasteiger partial charge in [-0.1, -0.05) is 87.8 Å². The number of carbonyl (C=O) groups is 2. The first-order valence-corrected chi connectivity index (χ1v) is 11.8. The van der Waals surface area contributed by atoms with E-state index in [1.54, 1.807) is 24.3 Å². The second-order valence-corrected chi connectivity index (χ2v) is 7.84. The zero-order valence-electron chi connectivity index (χ0n) is 18.9. The molecular formula is C26H36N2O4. The Bertz CT molecular complexity index is 687. The molecule has 0 aliphatic heterocycles. The predicted molar refractivity (Wildman–Crippen MR) is 126 cm³/mol. The topological polar surface area (TPSA) is 76.7 Å². The third-order valence-corrected chi connectivity index (χ3v) is 5.16. The third-order valence-electron chi connectivity index (χ3n) is 5.16. The van der Waals surface area contributed by atoms with Gasteiger partial charge < -0.3 is 9.68 Å². The predicted octanol–water partition coefficient (Wildman–Crippen LogP) is 5.61. The van der Waals surface area contributed by atoms with Crippen molar-refractivity contribution >= 4 is 11.9 Å². The summed E-state index contributed by atoms with van der Waals surface area (Å²) in [5.41, 5.74) is 6.63. The van der Waals surface area contributed by atoms with Gasteiger partial charge in [0.1, 0.15) is 0 Å². The maximum Gasteiger partial charge on any atom is 0.356 e. The Morgan fingerprint density at radius 2 is 0.812 bits per heavy atom. The van der Waals surface area contributed by atoms with Crippen LogP contribution in [0.15, 0.2) is 60.7 Å². The van der Waals surface area contributed by atoms with E-state index in [1.807, 2.05) is 36.4 Å². The molecule has 0 heterocycles. The van der Waals surface area contributed by atoms with Gasteiger partial charge in [0.05, 0.1) is 11.1 Å². The van der Waals surface area contributed by atoms with Gasteiger partial charge in [-0.2, -0.15) is 11.0 Å². The first-order valence-electron chi connectivity index (χ1n) is 11.8. The Hall–Kier alpha value is -2.70. The van der Waals surface area contributed by atoms with Gasteiger partial charge in [0.25, 0.3) is 0 Å². The lowest BCUT2D eigenvalue weighted by Crippen LogP contribution is -2.21. The van der Waals surface area contributed by atoms with Crippen LogP contribution in [0.4, 0.5) is 0 Å². The Labute approximate surface area is 191 Å².